The molecule has 0 spiro atoms. The van der Waals surface area contributed by atoms with Crippen molar-refractivity contribution in [2.75, 3.05) is 39.8 Å². The van der Waals surface area contributed by atoms with E-state index >= 15 is 0 Å². The first-order chi connectivity index (χ1) is 6.18. The van der Waals surface area contributed by atoms with Crippen molar-refractivity contribution in [2.45, 2.75) is 0 Å². The number of hydrogen-bond acceptors (Lipinski definition) is 3. The van der Waals surface area contributed by atoms with Gasteiger partial charge in [0, 0.05) is 38.8 Å². The molecular formula is C9H17ClN2O2. The molecule has 0 aliphatic carbocycles. The van der Waals surface area contributed by atoms with Crippen LogP contribution in [0.5, 0.6) is 0 Å². The number of nitrogens with zero attached hydrogens (tertiary/aromatic N) is 2. The molecule has 0 aromatic heterocycles. The van der Waals surface area contributed by atoms with Gasteiger partial charge in [0.05, 0.1) is 0 Å². The van der Waals surface area contributed by atoms with E-state index in [9.17, 15) is 4.79 Å². The minimum Gasteiger partial charge on any atom is -0.478 e. The Morgan fingerprint density at radius 2 is 1.93 bits per heavy atom. The molecule has 1 fully saturated rings. The normalized spacial score (nSPS) is 19.5. The van der Waals surface area contributed by atoms with Gasteiger partial charge in [-0.25, -0.2) is 4.79 Å². The van der Waals surface area contributed by atoms with Crippen LogP contribution < -0.4 is 0 Å². The van der Waals surface area contributed by atoms with Crippen molar-refractivity contribution < 1.29 is 9.90 Å². The van der Waals surface area contributed by atoms with Crippen molar-refractivity contribution in [2.24, 2.45) is 0 Å². The van der Waals surface area contributed by atoms with E-state index in [2.05, 4.69) is 16.8 Å². The van der Waals surface area contributed by atoms with Crippen molar-refractivity contribution in [1.82, 2.24) is 9.80 Å². The topological polar surface area (TPSA) is 43.8 Å². The van der Waals surface area contributed by atoms with Gasteiger partial charge < -0.3 is 10.0 Å². The van der Waals surface area contributed by atoms with Crippen molar-refractivity contribution >= 4 is 18.4 Å². The number of halogens is 1. The Hall–Kier alpha value is -0.580. The molecule has 0 unspecified atom stereocenters. The lowest BCUT2D eigenvalue weighted by Crippen LogP contribution is -2.44. The Morgan fingerprint density at radius 1 is 1.36 bits per heavy atom. The summed E-state index contributed by atoms with van der Waals surface area (Å²) in [5.74, 6) is -0.867. The third-order valence-corrected chi connectivity index (χ3v) is 2.22. The molecule has 1 heterocycles. The molecule has 0 amide bonds. The molecule has 0 aromatic carbocycles. The van der Waals surface area contributed by atoms with Crippen molar-refractivity contribution in [3.63, 3.8) is 0 Å². The van der Waals surface area contributed by atoms with Gasteiger partial charge in [0.15, 0.2) is 0 Å². The maximum absolute atomic E-state index is 10.2. The molecule has 1 rings (SSSR count). The zero-order valence-corrected chi connectivity index (χ0v) is 9.16. The quantitative estimate of drug-likeness (QED) is 0.695. The maximum Gasteiger partial charge on any atom is 0.328 e. The van der Waals surface area contributed by atoms with Crippen LogP contribution in [0.2, 0.25) is 0 Å². The van der Waals surface area contributed by atoms with Gasteiger partial charge in [0.25, 0.3) is 0 Å². The van der Waals surface area contributed by atoms with Crippen molar-refractivity contribution in [3.8, 4) is 0 Å². The van der Waals surface area contributed by atoms with Crippen LogP contribution in [0.1, 0.15) is 0 Å². The van der Waals surface area contributed by atoms with Gasteiger partial charge in [-0.2, -0.15) is 0 Å². The molecule has 1 aliphatic heterocycles. The van der Waals surface area contributed by atoms with Gasteiger partial charge in [0.1, 0.15) is 0 Å². The number of aliphatic carboxylic acids is 1. The summed E-state index contributed by atoms with van der Waals surface area (Å²) in [6, 6.07) is 0. The number of carbonyl (C=O) groups is 1. The SMILES string of the molecule is CN1CCN(C/C=C/C(=O)O)CC1.Cl. The van der Waals surface area contributed by atoms with Crippen LogP contribution in [0.15, 0.2) is 12.2 Å². The Balaban J connectivity index is 0.00000169. The molecular weight excluding hydrogens is 204 g/mol. The standard InChI is InChI=1S/C9H16N2O2.ClH/c1-10-5-7-11(8-6-10)4-2-3-9(12)13;/h2-3H,4-8H2,1H3,(H,12,13);1H/b3-2+;. The Morgan fingerprint density at radius 3 is 2.43 bits per heavy atom. The van der Waals surface area contributed by atoms with E-state index in [1.165, 1.54) is 6.08 Å². The van der Waals surface area contributed by atoms with Crippen LogP contribution in [0.4, 0.5) is 0 Å². The monoisotopic (exact) mass is 220 g/mol. The van der Waals surface area contributed by atoms with Crippen LogP contribution in [0.3, 0.4) is 0 Å². The van der Waals surface area contributed by atoms with Crippen LogP contribution in [-0.4, -0.2) is 60.6 Å². The summed E-state index contributed by atoms with van der Waals surface area (Å²) >= 11 is 0. The maximum atomic E-state index is 10.2. The first-order valence-electron chi connectivity index (χ1n) is 4.49. The molecule has 14 heavy (non-hydrogen) atoms. The summed E-state index contributed by atoms with van der Waals surface area (Å²) in [4.78, 5) is 14.7. The first-order valence-corrected chi connectivity index (χ1v) is 4.49. The van der Waals surface area contributed by atoms with E-state index in [0.717, 1.165) is 32.7 Å². The zero-order valence-electron chi connectivity index (χ0n) is 8.35. The molecule has 0 radical (unpaired) electrons. The fourth-order valence-electron chi connectivity index (χ4n) is 1.33. The van der Waals surface area contributed by atoms with E-state index in [4.69, 9.17) is 5.11 Å². The second-order valence-corrected chi connectivity index (χ2v) is 3.34. The molecule has 1 aliphatic rings. The predicted molar refractivity (Wildman–Crippen MR) is 58.0 cm³/mol. The smallest absolute Gasteiger partial charge is 0.328 e. The molecule has 0 aromatic rings. The lowest BCUT2D eigenvalue weighted by Gasteiger charge is -2.31. The van der Waals surface area contributed by atoms with Crippen molar-refractivity contribution in [3.05, 3.63) is 12.2 Å². The van der Waals surface area contributed by atoms with Crippen LogP contribution >= 0.6 is 12.4 Å². The molecule has 4 nitrogen and oxygen atoms in total. The Bertz CT molecular complexity index is 201. The molecule has 82 valence electrons. The highest BCUT2D eigenvalue weighted by molar-refractivity contribution is 5.85. The Kier molecular flexibility index (Phi) is 6.53. The molecule has 0 saturated carbocycles. The fraction of sp³-hybridized carbons (Fsp3) is 0.667. The van der Waals surface area contributed by atoms with Gasteiger partial charge in [-0.05, 0) is 7.05 Å². The minimum absolute atomic E-state index is 0. The molecule has 0 atom stereocenters. The predicted octanol–water partition coefficient (Wildman–Crippen LogP) is 0.296. The first kappa shape index (κ1) is 13.4. The third kappa shape index (κ3) is 5.21. The fourth-order valence-corrected chi connectivity index (χ4v) is 1.33. The lowest BCUT2D eigenvalue weighted by atomic mass is 10.3. The van der Waals surface area contributed by atoms with Gasteiger partial charge in [0.2, 0.25) is 0 Å². The van der Waals surface area contributed by atoms with Crippen LogP contribution in [0.25, 0.3) is 0 Å². The highest BCUT2D eigenvalue weighted by atomic mass is 35.5. The van der Waals surface area contributed by atoms with Crippen molar-refractivity contribution in [1.29, 1.82) is 0 Å². The van der Waals surface area contributed by atoms with E-state index in [0.29, 0.717) is 0 Å². The minimum atomic E-state index is -0.867. The highest BCUT2D eigenvalue weighted by Crippen LogP contribution is 1.98. The third-order valence-electron chi connectivity index (χ3n) is 2.22. The van der Waals surface area contributed by atoms with Crippen LogP contribution in [-0.2, 0) is 4.79 Å². The average Bonchev–Trinajstić information content (AvgIpc) is 2.08. The molecule has 1 N–H and O–H groups in total. The highest BCUT2D eigenvalue weighted by Gasteiger charge is 2.11. The number of rotatable bonds is 3. The van der Waals surface area contributed by atoms with E-state index in [1.807, 2.05) is 0 Å². The summed E-state index contributed by atoms with van der Waals surface area (Å²) < 4.78 is 0. The number of likely N-dealkylation sites (N-methyl/N-ethyl adjacent to an activating group) is 1. The summed E-state index contributed by atoms with van der Waals surface area (Å²) in [5, 5.41) is 8.37. The summed E-state index contributed by atoms with van der Waals surface area (Å²) in [5.41, 5.74) is 0. The largest absolute Gasteiger partial charge is 0.478 e. The van der Waals surface area contributed by atoms with Gasteiger partial charge >= 0.3 is 5.97 Å². The number of hydrogen-bond donors (Lipinski definition) is 1. The van der Waals surface area contributed by atoms with E-state index in [-0.39, 0.29) is 12.4 Å². The van der Waals surface area contributed by atoms with Gasteiger partial charge in [-0.15, -0.1) is 12.4 Å². The average molecular weight is 221 g/mol. The molecule has 5 heteroatoms. The van der Waals surface area contributed by atoms with E-state index in [1.54, 1.807) is 6.08 Å². The van der Waals surface area contributed by atoms with Gasteiger partial charge in [-0.3, -0.25) is 4.90 Å². The summed E-state index contributed by atoms with van der Waals surface area (Å²) in [7, 11) is 2.10. The number of piperazine rings is 1. The number of carboxylic acids is 1. The number of carboxylic acid groups (broad SMARTS) is 1. The summed E-state index contributed by atoms with van der Waals surface area (Å²) in [6.45, 7) is 4.95. The second-order valence-electron chi connectivity index (χ2n) is 3.34. The molecule has 0 bridgehead atoms. The Labute approximate surface area is 90.6 Å². The van der Waals surface area contributed by atoms with Gasteiger partial charge in [-0.1, -0.05) is 6.08 Å². The van der Waals surface area contributed by atoms with E-state index < -0.39 is 5.97 Å². The lowest BCUT2D eigenvalue weighted by molar-refractivity contribution is -0.131. The van der Waals surface area contributed by atoms with Crippen LogP contribution in [0, 0.1) is 0 Å². The molecule has 1 saturated heterocycles. The summed E-state index contributed by atoms with van der Waals surface area (Å²) in [6.07, 6.45) is 2.91. The zero-order chi connectivity index (χ0) is 9.68. The second kappa shape index (κ2) is 6.81.